The van der Waals surface area contributed by atoms with Crippen LogP contribution in [0, 0.1) is 0 Å². The van der Waals surface area contributed by atoms with Crippen molar-refractivity contribution in [1.29, 1.82) is 0 Å². The van der Waals surface area contributed by atoms with Crippen molar-refractivity contribution in [1.82, 2.24) is 0 Å². The number of carboxylic acids is 2. The summed E-state index contributed by atoms with van der Waals surface area (Å²) in [6, 6.07) is 8.49. The summed E-state index contributed by atoms with van der Waals surface area (Å²) in [5.74, 6) is -3.43. The maximum atomic E-state index is 11.9. The zero-order chi connectivity index (χ0) is 32.6. The van der Waals surface area contributed by atoms with Gasteiger partial charge in [-0.3, -0.25) is 4.79 Å². The number of aromatic carboxylic acids is 2. The van der Waals surface area contributed by atoms with Gasteiger partial charge in [0.2, 0.25) is 0 Å². The van der Waals surface area contributed by atoms with Gasteiger partial charge in [0.15, 0.2) is 5.78 Å². The van der Waals surface area contributed by atoms with Gasteiger partial charge in [0.25, 0.3) is 0 Å². The van der Waals surface area contributed by atoms with Crippen LogP contribution in [-0.2, 0) is 6.42 Å². The second-order valence-electron chi connectivity index (χ2n) is 11.7. The van der Waals surface area contributed by atoms with Crippen molar-refractivity contribution in [3.8, 4) is 11.5 Å². The molecule has 7 heteroatoms. The highest BCUT2D eigenvalue weighted by Crippen LogP contribution is 2.21. The Bertz CT molecular complexity index is 1110. The molecular weight excluding hydrogens is 556 g/mol. The Morgan fingerprint density at radius 3 is 1.59 bits per heavy atom. The normalized spacial score (nSPS) is 10.7. The number of unbranched alkanes of at least 4 members (excludes halogenated alkanes) is 16. The maximum Gasteiger partial charge on any atom is 0.335 e. The van der Waals surface area contributed by atoms with Crippen LogP contribution in [0.4, 0.5) is 0 Å². The zero-order valence-electron chi connectivity index (χ0n) is 27.0. The van der Waals surface area contributed by atoms with Crippen molar-refractivity contribution in [2.45, 2.75) is 142 Å². The first-order chi connectivity index (χ1) is 21.2. The number of ketones is 1. The molecule has 0 heterocycles. The molecule has 0 saturated carbocycles. The fourth-order valence-electron chi connectivity index (χ4n) is 5.26. The summed E-state index contributed by atoms with van der Waals surface area (Å²) in [5, 5.41) is 40.9. The Balaban J connectivity index is 0.000000457. The number of rotatable bonds is 23. The molecule has 0 unspecified atom stereocenters. The van der Waals surface area contributed by atoms with E-state index >= 15 is 0 Å². The summed E-state index contributed by atoms with van der Waals surface area (Å²) in [7, 11) is 0. The van der Waals surface area contributed by atoms with Gasteiger partial charge >= 0.3 is 11.9 Å². The molecule has 246 valence electrons. The molecule has 0 spiro atoms. The van der Waals surface area contributed by atoms with Crippen molar-refractivity contribution in [2.75, 3.05) is 0 Å². The molecule has 0 fully saturated rings. The lowest BCUT2D eigenvalue weighted by molar-refractivity contribution is -0.269. The highest BCUT2D eigenvalue weighted by molar-refractivity contribution is 5.99. The van der Waals surface area contributed by atoms with Gasteiger partial charge in [0, 0.05) is 12.0 Å². The van der Waals surface area contributed by atoms with Crippen molar-refractivity contribution >= 4 is 17.7 Å². The van der Waals surface area contributed by atoms with Crippen molar-refractivity contribution in [3.05, 3.63) is 58.7 Å². The number of carbonyl (C=O) groups is 3. The number of aryl methyl sites for hydroxylation is 1. The third kappa shape index (κ3) is 16.5. The third-order valence-corrected chi connectivity index (χ3v) is 7.92. The molecule has 0 radical (unpaired) electrons. The molecule has 2 rings (SSSR count). The zero-order valence-corrected chi connectivity index (χ0v) is 27.0. The molecule has 0 aliphatic carbocycles. The molecule has 0 aliphatic heterocycles. The second kappa shape index (κ2) is 24.0. The Labute approximate surface area is 264 Å². The summed E-state index contributed by atoms with van der Waals surface area (Å²) in [6.45, 7) is 4.38. The minimum atomic E-state index is -1.29. The topological polar surface area (TPSA) is 138 Å². The van der Waals surface area contributed by atoms with Crippen LogP contribution in [0.2, 0.25) is 0 Å². The van der Waals surface area contributed by atoms with Crippen LogP contribution in [-0.4, -0.2) is 27.9 Å². The van der Waals surface area contributed by atoms with Crippen LogP contribution in [0.25, 0.3) is 0 Å². The van der Waals surface area contributed by atoms with Crippen LogP contribution < -0.4 is 10.2 Å². The van der Waals surface area contributed by atoms with E-state index < -0.39 is 17.7 Å². The lowest BCUT2D eigenvalue weighted by atomic mass is 9.99. The van der Waals surface area contributed by atoms with Gasteiger partial charge in [-0.25, -0.2) is 9.59 Å². The van der Waals surface area contributed by atoms with Gasteiger partial charge in [0.05, 0.1) is 11.1 Å². The smallest absolute Gasteiger partial charge is 0.335 e. The lowest BCUT2D eigenvalue weighted by Crippen LogP contribution is -2.08. The number of benzene rings is 2. The van der Waals surface area contributed by atoms with E-state index in [2.05, 4.69) is 13.8 Å². The molecule has 0 aliphatic rings. The summed E-state index contributed by atoms with van der Waals surface area (Å²) >= 11 is 0. The molecule has 2 aromatic carbocycles. The fraction of sp³-hybridized carbons (Fsp3) is 0.595. The van der Waals surface area contributed by atoms with Crippen LogP contribution >= 0.6 is 0 Å². The first-order valence-corrected chi connectivity index (χ1v) is 16.8. The van der Waals surface area contributed by atoms with Gasteiger partial charge in [-0.15, -0.1) is 0 Å². The van der Waals surface area contributed by atoms with E-state index in [1.165, 1.54) is 95.2 Å². The quantitative estimate of drug-likeness (QED) is 0.0945. The molecule has 0 atom stereocenters. The van der Waals surface area contributed by atoms with Gasteiger partial charge < -0.3 is 20.4 Å². The average Bonchev–Trinajstić information content (AvgIpc) is 2.99. The molecule has 0 aromatic heterocycles. The van der Waals surface area contributed by atoms with E-state index in [0.29, 0.717) is 24.0 Å². The van der Waals surface area contributed by atoms with Crippen molar-refractivity contribution in [3.63, 3.8) is 0 Å². The molecule has 0 saturated heterocycles. The Morgan fingerprint density at radius 2 is 1.09 bits per heavy atom. The molecule has 2 N–H and O–H groups in total. The average molecular weight is 611 g/mol. The van der Waals surface area contributed by atoms with Gasteiger partial charge in [-0.2, -0.15) is 0 Å². The molecule has 7 nitrogen and oxygen atoms in total. The number of carbonyl (C=O) groups excluding carboxylic acids is 1. The minimum Gasteiger partial charge on any atom is -0.872 e. The molecule has 0 amide bonds. The number of carboxylic acid groups (broad SMARTS) is 2. The van der Waals surface area contributed by atoms with E-state index in [-0.39, 0.29) is 22.7 Å². The summed E-state index contributed by atoms with van der Waals surface area (Å²) in [6.07, 6.45) is 23.2. The van der Waals surface area contributed by atoms with E-state index in [0.717, 1.165) is 44.6 Å². The summed E-state index contributed by atoms with van der Waals surface area (Å²) in [5.41, 5.74) is 0.619. The Kier molecular flexibility index (Phi) is 21.1. The van der Waals surface area contributed by atoms with Gasteiger partial charge in [-0.1, -0.05) is 158 Å². The largest absolute Gasteiger partial charge is 0.872 e. The Hall–Kier alpha value is -3.35. The highest BCUT2D eigenvalue weighted by Gasteiger charge is 2.11. The van der Waals surface area contributed by atoms with Crippen LogP contribution in [0.5, 0.6) is 11.5 Å². The third-order valence-electron chi connectivity index (χ3n) is 7.92. The SMILES string of the molecule is CCCCCCCC(=O)c1ccc([O-])c(C(=O)O)c1.CCCCCCCCCCCCCCCc1cccc([O-])c1C(=O)O. The molecule has 0 bridgehead atoms. The summed E-state index contributed by atoms with van der Waals surface area (Å²) < 4.78 is 0. The van der Waals surface area contributed by atoms with E-state index in [1.54, 1.807) is 12.1 Å². The minimum absolute atomic E-state index is 0.0403. The van der Waals surface area contributed by atoms with Crippen molar-refractivity contribution < 1.29 is 34.8 Å². The predicted molar refractivity (Wildman–Crippen MR) is 173 cm³/mol. The molecule has 2 aromatic rings. The van der Waals surface area contributed by atoms with Gasteiger partial charge in [-0.05, 0) is 30.9 Å². The number of Topliss-reactive ketones (excluding diaryl/α,β-unsaturated/α-hetero) is 1. The van der Waals surface area contributed by atoms with Crippen LogP contribution in [0.15, 0.2) is 36.4 Å². The van der Waals surface area contributed by atoms with Crippen LogP contribution in [0.3, 0.4) is 0 Å². The molecule has 44 heavy (non-hydrogen) atoms. The monoisotopic (exact) mass is 610 g/mol. The van der Waals surface area contributed by atoms with Crippen LogP contribution in [0.1, 0.15) is 172 Å². The van der Waals surface area contributed by atoms with E-state index in [1.807, 2.05) is 0 Å². The fourth-order valence-corrected chi connectivity index (χ4v) is 5.26. The van der Waals surface area contributed by atoms with E-state index in [9.17, 15) is 24.6 Å². The Morgan fingerprint density at radius 1 is 0.591 bits per heavy atom. The number of hydrogen-bond acceptors (Lipinski definition) is 5. The maximum absolute atomic E-state index is 11.9. The number of hydrogen-bond donors (Lipinski definition) is 2. The second-order valence-corrected chi connectivity index (χ2v) is 11.7. The highest BCUT2D eigenvalue weighted by atomic mass is 16.4. The summed E-state index contributed by atoms with van der Waals surface area (Å²) in [4.78, 5) is 33.9. The lowest BCUT2D eigenvalue weighted by Gasteiger charge is -2.14. The van der Waals surface area contributed by atoms with Gasteiger partial charge in [0.1, 0.15) is 0 Å². The molecular formula is C37H54O7-2. The first-order valence-electron chi connectivity index (χ1n) is 16.8. The standard InChI is InChI=1S/C22H36O3.C15H20O4/c1-2-3-4-5-6-7-8-9-10-11-12-13-14-16-19-17-15-18-20(23)21(19)22(24)25;1-2-3-4-5-6-7-13(16)11-8-9-14(17)12(10-11)15(18)19/h15,17-18,23H,2-14,16H2,1H3,(H,24,25);8-10,17H,2-7H2,1H3,(H,18,19)/p-2. The first kappa shape index (κ1) is 38.7. The van der Waals surface area contributed by atoms with E-state index in [4.69, 9.17) is 10.2 Å². The van der Waals surface area contributed by atoms with Crippen molar-refractivity contribution in [2.24, 2.45) is 0 Å². The predicted octanol–water partition coefficient (Wildman–Crippen LogP) is 9.09.